The lowest BCUT2D eigenvalue weighted by atomic mass is 10.0. The largest absolute Gasteiger partial charge is 0.368 e. The van der Waals surface area contributed by atoms with E-state index >= 15 is 0 Å². The van der Waals surface area contributed by atoms with E-state index < -0.39 is 23.7 Å². The quantitative estimate of drug-likeness (QED) is 0.671. The summed E-state index contributed by atoms with van der Waals surface area (Å²) in [4.78, 5) is 14.0. The number of aromatic nitrogens is 1. The van der Waals surface area contributed by atoms with Gasteiger partial charge in [0.2, 0.25) is 5.78 Å². The van der Waals surface area contributed by atoms with Gasteiger partial charge < -0.3 is 4.98 Å². The molecule has 96 valence electrons. The predicted octanol–water partition coefficient (Wildman–Crippen LogP) is 3.90. The average molecular weight is 280 g/mol. The van der Waals surface area contributed by atoms with Crippen molar-refractivity contribution in [3.05, 3.63) is 35.0 Å². The first-order valence-corrected chi connectivity index (χ1v) is 5.20. The minimum Gasteiger partial charge on any atom is -0.360 e. The zero-order valence-electron chi connectivity index (χ0n) is 8.68. The Balaban J connectivity index is 2.59. The lowest BCUT2D eigenvalue weighted by Crippen LogP contribution is -2.36. The van der Waals surface area contributed by atoms with Crippen molar-refractivity contribution in [1.29, 1.82) is 0 Å². The SMILES string of the molecule is O=C(c1c[nH]c2cccc(Cl)c12)C(F)(F)C(F)F. The fourth-order valence-electron chi connectivity index (χ4n) is 1.60. The highest BCUT2D eigenvalue weighted by Crippen LogP contribution is 2.33. The first kappa shape index (κ1) is 12.9. The molecule has 0 saturated carbocycles. The highest BCUT2D eigenvalue weighted by atomic mass is 35.5. The van der Waals surface area contributed by atoms with E-state index in [-0.39, 0.29) is 10.4 Å². The summed E-state index contributed by atoms with van der Waals surface area (Å²) in [6.45, 7) is 0. The lowest BCUT2D eigenvalue weighted by molar-refractivity contribution is -0.0957. The summed E-state index contributed by atoms with van der Waals surface area (Å²) in [5.74, 6) is -6.68. The number of carbonyl (C=O) groups excluding carboxylic acids is 1. The number of halogens is 5. The Bertz CT molecular complexity index is 608. The van der Waals surface area contributed by atoms with Gasteiger partial charge in [0.1, 0.15) is 0 Å². The van der Waals surface area contributed by atoms with Crippen molar-refractivity contribution in [3.63, 3.8) is 0 Å². The Labute approximate surface area is 104 Å². The molecule has 7 heteroatoms. The molecule has 0 saturated heterocycles. The minimum absolute atomic E-state index is 0.0180. The number of hydrogen-bond donors (Lipinski definition) is 1. The number of nitrogens with one attached hydrogen (secondary N) is 1. The van der Waals surface area contributed by atoms with Gasteiger partial charge in [-0.25, -0.2) is 8.78 Å². The lowest BCUT2D eigenvalue weighted by Gasteiger charge is -2.13. The molecule has 0 aliphatic carbocycles. The van der Waals surface area contributed by atoms with Crippen molar-refractivity contribution in [1.82, 2.24) is 4.98 Å². The summed E-state index contributed by atoms with van der Waals surface area (Å²) in [6.07, 6.45) is -3.10. The number of ketones is 1. The predicted molar refractivity (Wildman–Crippen MR) is 58.6 cm³/mol. The van der Waals surface area contributed by atoms with E-state index in [0.717, 1.165) is 6.20 Å². The second-order valence-corrected chi connectivity index (χ2v) is 4.02. The number of rotatable bonds is 3. The average Bonchev–Trinajstić information content (AvgIpc) is 2.72. The smallest absolute Gasteiger partial charge is 0.360 e. The van der Waals surface area contributed by atoms with Gasteiger partial charge >= 0.3 is 12.3 Å². The van der Waals surface area contributed by atoms with Crippen LogP contribution in [-0.4, -0.2) is 23.1 Å². The van der Waals surface area contributed by atoms with Crippen LogP contribution in [0, 0.1) is 0 Å². The van der Waals surface area contributed by atoms with Gasteiger partial charge in [-0.05, 0) is 12.1 Å². The Morgan fingerprint density at radius 3 is 2.61 bits per heavy atom. The molecule has 1 aromatic carbocycles. The third kappa shape index (κ3) is 1.86. The minimum atomic E-state index is -4.73. The Hall–Kier alpha value is -1.56. The fraction of sp³-hybridized carbons (Fsp3) is 0.182. The Morgan fingerprint density at radius 2 is 2.00 bits per heavy atom. The molecule has 0 aliphatic heterocycles. The van der Waals surface area contributed by atoms with Gasteiger partial charge in [0.15, 0.2) is 0 Å². The zero-order chi connectivity index (χ0) is 13.5. The van der Waals surface area contributed by atoms with E-state index in [0.29, 0.717) is 5.52 Å². The summed E-state index contributed by atoms with van der Waals surface area (Å²) in [7, 11) is 0. The Kier molecular flexibility index (Phi) is 3.06. The first-order valence-electron chi connectivity index (χ1n) is 4.82. The molecule has 0 fully saturated rings. The molecule has 0 atom stereocenters. The molecule has 0 spiro atoms. The van der Waals surface area contributed by atoms with E-state index in [4.69, 9.17) is 11.6 Å². The molecule has 1 aromatic heterocycles. The maximum atomic E-state index is 13.0. The molecule has 0 aliphatic rings. The molecule has 0 radical (unpaired) electrons. The van der Waals surface area contributed by atoms with Crippen LogP contribution in [0.3, 0.4) is 0 Å². The van der Waals surface area contributed by atoms with Crippen LogP contribution >= 0.6 is 11.6 Å². The molecule has 1 N–H and O–H groups in total. The number of fused-ring (bicyclic) bond motifs is 1. The number of alkyl halides is 4. The van der Waals surface area contributed by atoms with Crippen molar-refractivity contribution in [3.8, 4) is 0 Å². The third-order valence-corrected chi connectivity index (χ3v) is 2.79. The van der Waals surface area contributed by atoms with Gasteiger partial charge in [-0.1, -0.05) is 17.7 Å². The van der Waals surface area contributed by atoms with Gasteiger partial charge in [-0.15, -0.1) is 0 Å². The number of H-pyrrole nitrogens is 1. The second kappa shape index (κ2) is 4.28. The summed E-state index contributed by atoms with van der Waals surface area (Å²) in [5.41, 5.74) is -0.211. The fourth-order valence-corrected chi connectivity index (χ4v) is 1.87. The van der Waals surface area contributed by atoms with E-state index in [1.165, 1.54) is 12.1 Å². The molecular weight excluding hydrogens is 274 g/mol. The van der Waals surface area contributed by atoms with Crippen LogP contribution in [0.4, 0.5) is 17.6 Å². The van der Waals surface area contributed by atoms with Crippen LogP contribution in [0.2, 0.25) is 5.02 Å². The number of Topliss-reactive ketones (excluding diaryl/α,β-unsaturated/α-hetero) is 1. The van der Waals surface area contributed by atoms with E-state index in [1.807, 2.05) is 0 Å². The summed E-state index contributed by atoms with van der Waals surface area (Å²) in [6, 6.07) is 4.42. The molecule has 2 aromatic rings. The highest BCUT2D eigenvalue weighted by molar-refractivity contribution is 6.37. The number of aromatic amines is 1. The molecular formula is C11H6ClF4NO. The monoisotopic (exact) mass is 279 g/mol. The topological polar surface area (TPSA) is 32.9 Å². The molecule has 2 nitrogen and oxygen atoms in total. The molecule has 1 heterocycles. The van der Waals surface area contributed by atoms with Gasteiger partial charge in [0, 0.05) is 17.1 Å². The van der Waals surface area contributed by atoms with Crippen LogP contribution in [-0.2, 0) is 0 Å². The molecule has 18 heavy (non-hydrogen) atoms. The molecule has 0 bridgehead atoms. The van der Waals surface area contributed by atoms with E-state index in [2.05, 4.69) is 4.98 Å². The standard InChI is InChI=1S/C11H6ClF4NO/c12-6-2-1-3-7-8(6)5(4-17-7)9(18)11(15,16)10(13)14/h1-4,10,17H. The van der Waals surface area contributed by atoms with Crippen LogP contribution in [0.5, 0.6) is 0 Å². The van der Waals surface area contributed by atoms with Crippen LogP contribution in [0.25, 0.3) is 10.9 Å². The van der Waals surface area contributed by atoms with Crippen LogP contribution in [0.15, 0.2) is 24.4 Å². The maximum absolute atomic E-state index is 13.0. The van der Waals surface area contributed by atoms with Crippen molar-refractivity contribution >= 4 is 28.3 Å². The van der Waals surface area contributed by atoms with Crippen molar-refractivity contribution in [2.75, 3.05) is 0 Å². The molecule has 0 amide bonds. The number of hydrogen-bond acceptors (Lipinski definition) is 1. The van der Waals surface area contributed by atoms with Crippen LogP contribution < -0.4 is 0 Å². The summed E-state index contributed by atoms with van der Waals surface area (Å²) >= 11 is 5.77. The normalized spacial score (nSPS) is 12.3. The first-order chi connectivity index (χ1) is 8.35. The Morgan fingerprint density at radius 1 is 1.33 bits per heavy atom. The highest BCUT2D eigenvalue weighted by Gasteiger charge is 2.49. The molecule has 0 unspecified atom stereocenters. The van der Waals surface area contributed by atoms with Crippen molar-refractivity contribution < 1.29 is 22.4 Å². The number of benzene rings is 1. The van der Waals surface area contributed by atoms with Crippen molar-refractivity contribution in [2.24, 2.45) is 0 Å². The summed E-state index contributed by atoms with van der Waals surface area (Å²) < 4.78 is 50.3. The summed E-state index contributed by atoms with van der Waals surface area (Å²) in [5, 5.41) is 0.0617. The second-order valence-electron chi connectivity index (χ2n) is 3.62. The van der Waals surface area contributed by atoms with Crippen molar-refractivity contribution in [2.45, 2.75) is 12.3 Å². The maximum Gasteiger partial charge on any atom is 0.368 e. The van der Waals surface area contributed by atoms with E-state index in [9.17, 15) is 22.4 Å². The number of carbonyl (C=O) groups is 1. The van der Waals surface area contributed by atoms with Gasteiger partial charge in [-0.3, -0.25) is 4.79 Å². The van der Waals surface area contributed by atoms with Gasteiger partial charge in [0.25, 0.3) is 0 Å². The van der Waals surface area contributed by atoms with Gasteiger partial charge in [0.05, 0.1) is 10.6 Å². The third-order valence-electron chi connectivity index (χ3n) is 2.48. The van der Waals surface area contributed by atoms with E-state index in [1.54, 1.807) is 6.07 Å². The molecule has 2 rings (SSSR count). The zero-order valence-corrected chi connectivity index (χ0v) is 9.44. The van der Waals surface area contributed by atoms with Crippen LogP contribution in [0.1, 0.15) is 10.4 Å². The van der Waals surface area contributed by atoms with Gasteiger partial charge in [-0.2, -0.15) is 8.78 Å².